The summed E-state index contributed by atoms with van der Waals surface area (Å²) in [5, 5.41) is 6.92. The van der Waals surface area contributed by atoms with Gasteiger partial charge in [-0.3, -0.25) is 9.89 Å². The molecule has 7 heteroatoms. The number of nitrogens with zero attached hydrogens (tertiary/aromatic N) is 1. The Bertz CT molecular complexity index is 1000. The zero-order chi connectivity index (χ0) is 18.0. The van der Waals surface area contributed by atoms with Crippen LogP contribution in [0.2, 0.25) is 0 Å². The number of H-pyrrole nitrogens is 1. The SMILES string of the molecule is Cc1ccc(-c2c(OC=O)n[nH]c2-c2ccc(S(C)(=O)=O)cc2)cc1. The van der Waals surface area contributed by atoms with Crippen LogP contribution in [0.25, 0.3) is 22.4 Å². The van der Waals surface area contributed by atoms with Crippen LogP contribution in [0.1, 0.15) is 5.56 Å². The number of carbonyl (C=O) groups excluding carboxylic acids is 1. The van der Waals surface area contributed by atoms with Crippen molar-refractivity contribution in [3.63, 3.8) is 0 Å². The fraction of sp³-hybridized carbons (Fsp3) is 0.111. The summed E-state index contributed by atoms with van der Waals surface area (Å²) in [5.41, 5.74) is 3.94. The molecule has 0 fully saturated rings. The van der Waals surface area contributed by atoms with Gasteiger partial charge in [-0.25, -0.2) is 8.42 Å². The number of hydrogen-bond acceptors (Lipinski definition) is 5. The van der Waals surface area contributed by atoms with E-state index in [4.69, 9.17) is 4.74 Å². The Kier molecular flexibility index (Phi) is 4.41. The first-order chi connectivity index (χ1) is 11.9. The van der Waals surface area contributed by atoms with E-state index in [9.17, 15) is 13.2 Å². The zero-order valence-corrected chi connectivity index (χ0v) is 14.5. The van der Waals surface area contributed by atoms with Crippen LogP contribution in [0.3, 0.4) is 0 Å². The highest BCUT2D eigenvalue weighted by Crippen LogP contribution is 2.37. The lowest BCUT2D eigenvalue weighted by Crippen LogP contribution is -1.96. The molecule has 1 aromatic heterocycles. The van der Waals surface area contributed by atoms with Crippen molar-refractivity contribution in [3.8, 4) is 28.3 Å². The van der Waals surface area contributed by atoms with Crippen LogP contribution in [0, 0.1) is 6.92 Å². The van der Waals surface area contributed by atoms with E-state index < -0.39 is 9.84 Å². The molecule has 0 aliphatic carbocycles. The van der Waals surface area contributed by atoms with E-state index >= 15 is 0 Å². The molecule has 0 unspecified atom stereocenters. The number of aryl methyl sites for hydroxylation is 1. The maximum absolute atomic E-state index is 11.6. The van der Waals surface area contributed by atoms with Crippen LogP contribution in [0.15, 0.2) is 53.4 Å². The average molecular weight is 356 g/mol. The highest BCUT2D eigenvalue weighted by molar-refractivity contribution is 7.90. The number of hydrogen-bond donors (Lipinski definition) is 1. The first-order valence-corrected chi connectivity index (χ1v) is 9.35. The molecule has 3 aromatic rings. The molecular formula is C18H16N2O4S. The normalized spacial score (nSPS) is 11.3. The van der Waals surface area contributed by atoms with Crippen molar-refractivity contribution in [1.82, 2.24) is 10.2 Å². The third kappa shape index (κ3) is 3.46. The van der Waals surface area contributed by atoms with Gasteiger partial charge in [-0.2, -0.15) is 0 Å². The van der Waals surface area contributed by atoms with E-state index in [-0.39, 0.29) is 10.8 Å². The van der Waals surface area contributed by atoms with Crippen molar-refractivity contribution >= 4 is 16.3 Å². The molecule has 6 nitrogen and oxygen atoms in total. The molecule has 1 heterocycles. The van der Waals surface area contributed by atoms with E-state index in [0.29, 0.717) is 17.7 Å². The van der Waals surface area contributed by atoms with Gasteiger partial charge in [0.25, 0.3) is 6.47 Å². The molecule has 1 N–H and O–H groups in total. The summed E-state index contributed by atoms with van der Waals surface area (Å²) in [6.45, 7) is 2.30. The maximum Gasteiger partial charge on any atom is 0.299 e. The Morgan fingerprint density at radius 2 is 1.60 bits per heavy atom. The summed E-state index contributed by atoms with van der Waals surface area (Å²) in [4.78, 5) is 11.0. The quantitative estimate of drug-likeness (QED) is 0.710. The third-order valence-corrected chi connectivity index (χ3v) is 4.93. The molecule has 3 rings (SSSR count). The monoisotopic (exact) mass is 356 g/mol. The van der Waals surface area contributed by atoms with Crippen molar-refractivity contribution in [2.45, 2.75) is 11.8 Å². The lowest BCUT2D eigenvalue weighted by atomic mass is 10.0. The molecule has 0 bridgehead atoms. The van der Waals surface area contributed by atoms with Gasteiger partial charge in [0.1, 0.15) is 0 Å². The van der Waals surface area contributed by atoms with E-state index in [0.717, 1.165) is 22.9 Å². The first kappa shape index (κ1) is 16.9. The number of rotatable bonds is 5. The number of sulfone groups is 1. The lowest BCUT2D eigenvalue weighted by molar-refractivity contribution is -0.120. The van der Waals surface area contributed by atoms with Gasteiger partial charge >= 0.3 is 0 Å². The molecule has 0 saturated carbocycles. The minimum Gasteiger partial charge on any atom is -0.407 e. The number of ether oxygens (including phenoxy) is 1. The van der Waals surface area contributed by atoms with Gasteiger partial charge in [-0.05, 0) is 24.6 Å². The predicted octanol–water partition coefficient (Wildman–Crippen LogP) is 2.99. The molecule has 0 radical (unpaired) electrons. The molecule has 0 spiro atoms. The second kappa shape index (κ2) is 6.52. The fourth-order valence-electron chi connectivity index (χ4n) is 2.52. The van der Waals surface area contributed by atoms with Gasteiger partial charge in [0.05, 0.1) is 16.2 Å². The van der Waals surface area contributed by atoms with E-state index in [1.54, 1.807) is 12.1 Å². The number of nitrogens with one attached hydrogen (secondary N) is 1. The summed E-state index contributed by atoms with van der Waals surface area (Å²) < 4.78 is 28.2. The molecule has 0 aliphatic heterocycles. The Hall–Kier alpha value is -2.93. The van der Waals surface area contributed by atoms with Gasteiger partial charge < -0.3 is 4.74 Å². The van der Waals surface area contributed by atoms with Gasteiger partial charge in [-0.15, -0.1) is 5.10 Å². The van der Waals surface area contributed by atoms with Gasteiger partial charge in [0.15, 0.2) is 9.84 Å². The predicted molar refractivity (Wildman–Crippen MR) is 94.0 cm³/mol. The van der Waals surface area contributed by atoms with E-state index in [2.05, 4.69) is 10.2 Å². The van der Waals surface area contributed by atoms with Crippen LogP contribution in [-0.4, -0.2) is 31.3 Å². The average Bonchev–Trinajstić information content (AvgIpc) is 2.99. The Morgan fingerprint density at radius 1 is 1.00 bits per heavy atom. The molecule has 128 valence electrons. The van der Waals surface area contributed by atoms with Crippen molar-refractivity contribution in [1.29, 1.82) is 0 Å². The molecule has 0 amide bonds. The summed E-state index contributed by atoms with van der Waals surface area (Å²) >= 11 is 0. The maximum atomic E-state index is 11.6. The zero-order valence-electron chi connectivity index (χ0n) is 13.7. The van der Waals surface area contributed by atoms with E-state index in [1.165, 1.54) is 12.1 Å². The first-order valence-electron chi connectivity index (χ1n) is 7.46. The van der Waals surface area contributed by atoms with Crippen molar-refractivity contribution < 1.29 is 17.9 Å². The summed E-state index contributed by atoms with van der Waals surface area (Å²) in [7, 11) is -3.27. The van der Waals surface area contributed by atoms with Crippen molar-refractivity contribution in [2.24, 2.45) is 0 Å². The molecule has 0 saturated heterocycles. The lowest BCUT2D eigenvalue weighted by Gasteiger charge is -2.07. The molecule has 2 aromatic carbocycles. The minimum absolute atomic E-state index is 0.168. The van der Waals surface area contributed by atoms with Crippen LogP contribution in [-0.2, 0) is 14.6 Å². The van der Waals surface area contributed by atoms with Crippen LogP contribution in [0.4, 0.5) is 0 Å². The highest BCUT2D eigenvalue weighted by Gasteiger charge is 2.18. The minimum atomic E-state index is -3.27. The van der Waals surface area contributed by atoms with Gasteiger partial charge in [0, 0.05) is 11.8 Å². The smallest absolute Gasteiger partial charge is 0.299 e. The second-order valence-electron chi connectivity index (χ2n) is 5.66. The van der Waals surface area contributed by atoms with Gasteiger partial charge in [-0.1, -0.05) is 42.0 Å². The van der Waals surface area contributed by atoms with E-state index in [1.807, 2.05) is 31.2 Å². The molecule has 0 aliphatic rings. The van der Waals surface area contributed by atoms with Crippen molar-refractivity contribution in [3.05, 3.63) is 54.1 Å². The number of aromatic amines is 1. The van der Waals surface area contributed by atoms with Gasteiger partial charge in [0.2, 0.25) is 5.88 Å². The Morgan fingerprint density at radius 3 is 2.16 bits per heavy atom. The second-order valence-corrected chi connectivity index (χ2v) is 7.67. The molecule has 0 atom stereocenters. The third-order valence-electron chi connectivity index (χ3n) is 3.80. The topological polar surface area (TPSA) is 89.1 Å². The fourth-order valence-corrected chi connectivity index (χ4v) is 3.15. The highest BCUT2D eigenvalue weighted by atomic mass is 32.2. The largest absolute Gasteiger partial charge is 0.407 e. The summed E-state index contributed by atoms with van der Waals surface area (Å²) in [6.07, 6.45) is 1.16. The number of benzene rings is 2. The van der Waals surface area contributed by atoms with Crippen molar-refractivity contribution in [2.75, 3.05) is 6.26 Å². The number of carbonyl (C=O) groups is 1. The van der Waals surface area contributed by atoms with Crippen LogP contribution >= 0.6 is 0 Å². The molecular weight excluding hydrogens is 340 g/mol. The summed E-state index contributed by atoms with van der Waals surface area (Å²) in [6, 6.07) is 14.2. The van der Waals surface area contributed by atoms with Crippen LogP contribution in [0.5, 0.6) is 5.88 Å². The Balaban J connectivity index is 2.13. The molecule has 25 heavy (non-hydrogen) atoms. The standard InChI is InChI=1S/C18H16N2O4S/c1-12-3-5-13(6-4-12)16-17(19-20-18(16)24-11-21)14-7-9-15(10-8-14)25(2,22)23/h3-11H,1-2H3,(H,19,20). The number of aromatic nitrogens is 2. The summed E-state index contributed by atoms with van der Waals surface area (Å²) in [5.74, 6) is 0.168. The Labute approximate surface area is 145 Å². The van der Waals surface area contributed by atoms with Crippen LogP contribution < -0.4 is 4.74 Å².